The number of nitrogens with zero attached hydrogens (tertiary/aromatic N) is 2. The van der Waals surface area contributed by atoms with Crippen LogP contribution in [0.2, 0.25) is 0 Å². The van der Waals surface area contributed by atoms with Crippen LogP contribution in [-0.2, 0) is 10.0 Å². The van der Waals surface area contributed by atoms with E-state index >= 15 is 0 Å². The Kier molecular flexibility index (Phi) is 5.20. The molecule has 0 radical (unpaired) electrons. The van der Waals surface area contributed by atoms with Gasteiger partial charge in [-0.3, -0.25) is 0 Å². The maximum absolute atomic E-state index is 12.9. The van der Waals surface area contributed by atoms with Crippen LogP contribution in [0, 0.1) is 0 Å². The Balaban J connectivity index is 1.34. The van der Waals surface area contributed by atoms with Crippen LogP contribution in [0.3, 0.4) is 0 Å². The third kappa shape index (κ3) is 3.75. The second kappa shape index (κ2) is 7.58. The molecule has 4 rings (SSSR count). The molecule has 0 atom stereocenters. The van der Waals surface area contributed by atoms with Crippen LogP contribution in [0.15, 0.2) is 34.7 Å². The number of hydrogen-bond donors (Lipinski definition) is 0. The van der Waals surface area contributed by atoms with Gasteiger partial charge in [-0.1, -0.05) is 11.6 Å². The third-order valence-electron chi connectivity index (χ3n) is 5.45. The average Bonchev–Trinajstić information content (AvgIpc) is 3.15. The normalized spacial score (nSPS) is 21.6. The number of rotatable bonds is 5. The first kappa shape index (κ1) is 17.8. The molecule has 2 aliphatic heterocycles. The maximum Gasteiger partial charge on any atom is 0.243 e. The number of fused-ring (bicyclic) bond motifs is 1. The monoisotopic (exact) mass is 378 g/mol. The Hall–Kier alpha value is -1.57. The van der Waals surface area contributed by atoms with Gasteiger partial charge in [0.15, 0.2) is 11.5 Å². The molecule has 0 bridgehead atoms. The minimum absolute atomic E-state index is 0.147. The summed E-state index contributed by atoms with van der Waals surface area (Å²) in [5, 5.41) is 0. The van der Waals surface area contributed by atoms with Crippen LogP contribution in [-0.4, -0.2) is 57.1 Å². The molecule has 0 saturated carbocycles. The first-order chi connectivity index (χ1) is 12.6. The van der Waals surface area contributed by atoms with Gasteiger partial charge < -0.3 is 14.4 Å². The van der Waals surface area contributed by atoms with Crippen molar-refractivity contribution in [2.75, 3.05) is 39.5 Å². The first-order valence-corrected chi connectivity index (χ1v) is 10.9. The topological polar surface area (TPSA) is 59.1 Å². The quantitative estimate of drug-likeness (QED) is 0.737. The zero-order valence-corrected chi connectivity index (χ0v) is 15.8. The molecule has 26 heavy (non-hydrogen) atoms. The molecule has 0 unspecified atom stereocenters. The summed E-state index contributed by atoms with van der Waals surface area (Å²) < 4.78 is 38.0. The lowest BCUT2D eigenvalue weighted by molar-refractivity contribution is 0.174. The molecule has 0 spiro atoms. The molecule has 0 aromatic heterocycles. The minimum atomic E-state index is -3.48. The molecule has 1 aromatic carbocycles. The number of benzene rings is 1. The summed E-state index contributed by atoms with van der Waals surface area (Å²) in [5.41, 5.74) is 1.58. The van der Waals surface area contributed by atoms with Crippen LogP contribution in [0.4, 0.5) is 0 Å². The zero-order valence-electron chi connectivity index (χ0n) is 15.0. The van der Waals surface area contributed by atoms with Gasteiger partial charge in [0.05, 0.1) is 4.90 Å². The van der Waals surface area contributed by atoms with E-state index in [1.807, 2.05) is 0 Å². The van der Waals surface area contributed by atoms with Crippen molar-refractivity contribution in [3.63, 3.8) is 0 Å². The smallest absolute Gasteiger partial charge is 0.243 e. The van der Waals surface area contributed by atoms with E-state index in [-0.39, 0.29) is 11.7 Å². The average molecular weight is 378 g/mol. The van der Waals surface area contributed by atoms with Crippen LogP contribution in [0.25, 0.3) is 0 Å². The summed E-state index contributed by atoms with van der Waals surface area (Å²) in [7, 11) is -3.48. The van der Waals surface area contributed by atoms with Crippen molar-refractivity contribution < 1.29 is 17.9 Å². The number of allylic oxidation sites excluding steroid dienone is 1. The van der Waals surface area contributed by atoms with E-state index in [1.165, 1.54) is 25.7 Å². The Bertz CT molecular complexity index is 783. The first-order valence-electron chi connectivity index (χ1n) is 9.43. The van der Waals surface area contributed by atoms with E-state index in [9.17, 15) is 8.42 Å². The molecule has 0 amide bonds. The molecule has 1 aliphatic carbocycles. The van der Waals surface area contributed by atoms with E-state index in [0.717, 1.165) is 26.1 Å². The number of sulfonamides is 1. The van der Waals surface area contributed by atoms with Gasteiger partial charge in [0.25, 0.3) is 0 Å². The van der Waals surface area contributed by atoms with Crippen LogP contribution in [0.5, 0.6) is 11.5 Å². The van der Waals surface area contributed by atoms with Gasteiger partial charge in [-0.15, -0.1) is 0 Å². The lowest BCUT2D eigenvalue weighted by Gasteiger charge is -2.34. The molecule has 1 aromatic rings. The number of hydrogen-bond acceptors (Lipinski definition) is 5. The van der Waals surface area contributed by atoms with Gasteiger partial charge >= 0.3 is 0 Å². The van der Waals surface area contributed by atoms with Crippen molar-refractivity contribution in [1.29, 1.82) is 0 Å². The third-order valence-corrected chi connectivity index (χ3v) is 7.34. The molecular formula is C19H26N2O4S. The fourth-order valence-corrected chi connectivity index (χ4v) is 5.25. The lowest BCUT2D eigenvalue weighted by Crippen LogP contribution is -2.48. The van der Waals surface area contributed by atoms with Crippen molar-refractivity contribution >= 4 is 10.0 Å². The predicted molar refractivity (Wildman–Crippen MR) is 98.9 cm³/mol. The molecule has 0 N–H and O–H groups in total. The van der Waals surface area contributed by atoms with Crippen molar-refractivity contribution in [3.05, 3.63) is 29.8 Å². The molecule has 142 valence electrons. The number of piperazine rings is 1. The van der Waals surface area contributed by atoms with Gasteiger partial charge in [-0.2, -0.15) is 4.31 Å². The number of ether oxygens (including phenoxy) is 2. The Morgan fingerprint density at radius 3 is 2.58 bits per heavy atom. The van der Waals surface area contributed by atoms with Gasteiger partial charge in [0.2, 0.25) is 16.8 Å². The Labute approximate surface area is 155 Å². The molecule has 2 heterocycles. The summed E-state index contributed by atoms with van der Waals surface area (Å²) in [5.74, 6) is 1.11. The van der Waals surface area contributed by atoms with Crippen LogP contribution < -0.4 is 9.47 Å². The second-order valence-corrected chi connectivity index (χ2v) is 9.06. The lowest BCUT2D eigenvalue weighted by atomic mass is 9.97. The van der Waals surface area contributed by atoms with Crippen LogP contribution in [0.1, 0.15) is 32.1 Å². The fourth-order valence-electron chi connectivity index (χ4n) is 3.81. The van der Waals surface area contributed by atoms with E-state index in [0.29, 0.717) is 24.6 Å². The van der Waals surface area contributed by atoms with Crippen molar-refractivity contribution in [1.82, 2.24) is 9.21 Å². The predicted octanol–water partition coefficient (Wildman–Crippen LogP) is 2.61. The molecule has 3 aliphatic rings. The zero-order chi connectivity index (χ0) is 18.0. The molecule has 6 nitrogen and oxygen atoms in total. The van der Waals surface area contributed by atoms with Gasteiger partial charge in [-0.25, -0.2) is 8.42 Å². The summed E-state index contributed by atoms with van der Waals surface area (Å²) >= 11 is 0. The van der Waals surface area contributed by atoms with Crippen molar-refractivity contribution in [3.8, 4) is 11.5 Å². The van der Waals surface area contributed by atoms with E-state index in [4.69, 9.17) is 9.47 Å². The SMILES string of the molecule is O=S(=O)(c1ccc2c(c1)OCO2)N1CCN(CCC2=CCCCC2)CC1. The molecular weight excluding hydrogens is 352 g/mol. The fraction of sp³-hybridized carbons (Fsp3) is 0.579. The highest BCUT2D eigenvalue weighted by molar-refractivity contribution is 7.89. The van der Waals surface area contributed by atoms with Crippen molar-refractivity contribution in [2.24, 2.45) is 0 Å². The Morgan fingerprint density at radius 1 is 1.00 bits per heavy atom. The highest BCUT2D eigenvalue weighted by Crippen LogP contribution is 2.34. The highest BCUT2D eigenvalue weighted by atomic mass is 32.2. The van der Waals surface area contributed by atoms with E-state index in [2.05, 4.69) is 11.0 Å². The summed E-state index contributed by atoms with van der Waals surface area (Å²) in [6.07, 6.45) is 8.60. The van der Waals surface area contributed by atoms with Crippen molar-refractivity contribution in [2.45, 2.75) is 37.0 Å². The van der Waals surface area contributed by atoms with Crippen LogP contribution >= 0.6 is 0 Å². The van der Waals surface area contributed by atoms with Gasteiger partial charge in [0, 0.05) is 38.8 Å². The molecule has 1 fully saturated rings. The largest absolute Gasteiger partial charge is 0.454 e. The summed E-state index contributed by atoms with van der Waals surface area (Å²) in [6, 6.07) is 4.84. The summed E-state index contributed by atoms with van der Waals surface area (Å²) in [6.45, 7) is 3.83. The maximum atomic E-state index is 12.9. The standard InChI is InChI=1S/C19H26N2O4S/c22-26(23,17-6-7-18-19(14-17)25-15-24-18)21-12-10-20(11-13-21)9-8-16-4-2-1-3-5-16/h4,6-7,14H,1-3,5,8-13,15H2. The minimum Gasteiger partial charge on any atom is -0.454 e. The van der Waals surface area contributed by atoms with Gasteiger partial charge in [0.1, 0.15) is 0 Å². The molecule has 7 heteroatoms. The second-order valence-electron chi connectivity index (χ2n) is 7.12. The Morgan fingerprint density at radius 2 is 1.81 bits per heavy atom. The van der Waals surface area contributed by atoms with E-state index in [1.54, 1.807) is 28.1 Å². The molecule has 1 saturated heterocycles. The summed E-state index contributed by atoms with van der Waals surface area (Å²) in [4.78, 5) is 2.66. The van der Waals surface area contributed by atoms with E-state index < -0.39 is 10.0 Å². The van der Waals surface area contributed by atoms with Gasteiger partial charge in [-0.05, 0) is 44.2 Å². The highest BCUT2D eigenvalue weighted by Gasteiger charge is 2.29.